The Balaban J connectivity index is 1.69. The smallest absolute Gasteiger partial charge is 0.308 e. The summed E-state index contributed by atoms with van der Waals surface area (Å²) < 4.78 is 5.40. The Bertz CT molecular complexity index is 740. The molecule has 0 saturated carbocycles. The lowest BCUT2D eigenvalue weighted by Crippen LogP contribution is -2.36. The molecule has 0 N–H and O–H groups in total. The van der Waals surface area contributed by atoms with E-state index in [0.717, 1.165) is 11.3 Å². The molecule has 4 nitrogen and oxygen atoms in total. The molecule has 0 bridgehead atoms. The van der Waals surface area contributed by atoms with Crippen molar-refractivity contribution in [2.45, 2.75) is 39.3 Å². The van der Waals surface area contributed by atoms with Crippen LogP contribution in [0.15, 0.2) is 60.7 Å². The van der Waals surface area contributed by atoms with Crippen molar-refractivity contribution < 1.29 is 14.3 Å². The van der Waals surface area contributed by atoms with E-state index in [-0.39, 0.29) is 30.9 Å². The normalized spacial score (nSPS) is 19.0. The monoisotopic (exact) mass is 337 g/mol. The molecule has 1 aliphatic heterocycles. The van der Waals surface area contributed by atoms with E-state index in [2.05, 4.69) is 0 Å². The summed E-state index contributed by atoms with van der Waals surface area (Å²) in [5.41, 5.74) is 1.32. The lowest BCUT2D eigenvalue weighted by molar-refractivity contribution is -0.145. The number of carbonyl (C=O) groups is 2. The summed E-state index contributed by atoms with van der Waals surface area (Å²) in [4.78, 5) is 26.8. The van der Waals surface area contributed by atoms with Crippen molar-refractivity contribution in [3.63, 3.8) is 0 Å². The van der Waals surface area contributed by atoms with E-state index in [1.54, 1.807) is 4.90 Å². The Morgan fingerprint density at radius 3 is 2.32 bits per heavy atom. The molecular weight excluding hydrogens is 314 g/mol. The second-order valence-corrected chi connectivity index (χ2v) is 7.10. The zero-order valence-electron chi connectivity index (χ0n) is 14.6. The van der Waals surface area contributed by atoms with Gasteiger partial charge in [0, 0.05) is 17.1 Å². The van der Waals surface area contributed by atoms with Gasteiger partial charge in [0.2, 0.25) is 5.91 Å². The van der Waals surface area contributed by atoms with Crippen molar-refractivity contribution in [1.82, 2.24) is 0 Å². The Labute approximate surface area is 148 Å². The SMILES string of the molecule is CC1(C)CC(CC(=O)OCc2ccccc2)N(c2ccccc2)C1=O. The van der Waals surface area contributed by atoms with Gasteiger partial charge in [0.15, 0.2) is 0 Å². The van der Waals surface area contributed by atoms with Crippen LogP contribution in [0, 0.1) is 5.41 Å². The van der Waals surface area contributed by atoms with Crippen molar-refractivity contribution in [2.24, 2.45) is 5.41 Å². The molecule has 1 fully saturated rings. The van der Waals surface area contributed by atoms with Crippen LogP contribution in [-0.2, 0) is 20.9 Å². The van der Waals surface area contributed by atoms with Gasteiger partial charge in [-0.15, -0.1) is 0 Å². The average molecular weight is 337 g/mol. The minimum absolute atomic E-state index is 0.0551. The van der Waals surface area contributed by atoms with Crippen LogP contribution in [0.1, 0.15) is 32.3 Å². The minimum Gasteiger partial charge on any atom is -0.461 e. The van der Waals surface area contributed by atoms with Crippen molar-refractivity contribution in [3.8, 4) is 0 Å². The third-order valence-electron chi connectivity index (χ3n) is 4.59. The molecule has 0 aromatic heterocycles. The van der Waals surface area contributed by atoms with Gasteiger partial charge < -0.3 is 9.64 Å². The highest BCUT2D eigenvalue weighted by atomic mass is 16.5. The van der Waals surface area contributed by atoms with Gasteiger partial charge in [-0.2, -0.15) is 0 Å². The second kappa shape index (κ2) is 7.09. The third kappa shape index (κ3) is 3.90. The maximum Gasteiger partial charge on any atom is 0.308 e. The quantitative estimate of drug-likeness (QED) is 0.776. The van der Waals surface area contributed by atoms with Crippen LogP contribution in [0.5, 0.6) is 0 Å². The summed E-state index contributed by atoms with van der Waals surface area (Å²) in [5, 5.41) is 0. The zero-order valence-corrected chi connectivity index (χ0v) is 14.6. The van der Waals surface area contributed by atoms with E-state index in [4.69, 9.17) is 4.74 Å². The fourth-order valence-corrected chi connectivity index (χ4v) is 3.33. The lowest BCUT2D eigenvalue weighted by atomic mass is 9.89. The molecular formula is C21H23NO3. The average Bonchev–Trinajstić information content (AvgIpc) is 2.83. The first-order valence-electron chi connectivity index (χ1n) is 8.55. The van der Waals surface area contributed by atoms with Gasteiger partial charge in [0.25, 0.3) is 0 Å². The number of rotatable bonds is 5. The van der Waals surface area contributed by atoms with Crippen LogP contribution in [0.2, 0.25) is 0 Å². The van der Waals surface area contributed by atoms with E-state index in [9.17, 15) is 9.59 Å². The Hall–Kier alpha value is -2.62. The molecule has 1 heterocycles. The molecule has 4 heteroatoms. The molecule has 2 aromatic rings. The van der Waals surface area contributed by atoms with Gasteiger partial charge in [-0.1, -0.05) is 62.4 Å². The second-order valence-electron chi connectivity index (χ2n) is 7.10. The highest BCUT2D eigenvalue weighted by molar-refractivity contribution is 6.00. The molecule has 1 atom stereocenters. The summed E-state index contributed by atoms with van der Waals surface area (Å²) in [7, 11) is 0. The fraction of sp³-hybridized carbons (Fsp3) is 0.333. The molecule has 0 aliphatic carbocycles. The molecule has 1 unspecified atom stereocenters. The van der Waals surface area contributed by atoms with Gasteiger partial charge in [0.05, 0.1) is 6.42 Å². The van der Waals surface area contributed by atoms with Gasteiger partial charge in [-0.05, 0) is 24.1 Å². The van der Waals surface area contributed by atoms with E-state index in [0.29, 0.717) is 6.42 Å². The van der Waals surface area contributed by atoms with Gasteiger partial charge >= 0.3 is 5.97 Å². The number of para-hydroxylation sites is 1. The number of ether oxygens (including phenoxy) is 1. The molecule has 3 rings (SSSR count). The summed E-state index contributed by atoms with van der Waals surface area (Å²) in [5.74, 6) is -0.222. The molecule has 1 amide bonds. The number of esters is 1. The van der Waals surface area contributed by atoms with E-state index in [1.807, 2.05) is 74.5 Å². The van der Waals surface area contributed by atoms with Gasteiger partial charge in [-0.3, -0.25) is 9.59 Å². The molecule has 1 saturated heterocycles. The van der Waals surface area contributed by atoms with Crippen molar-refractivity contribution in [2.75, 3.05) is 4.90 Å². The zero-order chi connectivity index (χ0) is 17.9. The predicted molar refractivity (Wildman–Crippen MR) is 97.0 cm³/mol. The first-order chi connectivity index (χ1) is 12.0. The van der Waals surface area contributed by atoms with Crippen LogP contribution in [0.3, 0.4) is 0 Å². The molecule has 1 aliphatic rings. The number of benzene rings is 2. The number of hydrogen-bond acceptors (Lipinski definition) is 3. The Morgan fingerprint density at radius 1 is 1.08 bits per heavy atom. The first-order valence-corrected chi connectivity index (χ1v) is 8.55. The Kier molecular flexibility index (Phi) is 4.88. The van der Waals surface area contributed by atoms with Gasteiger partial charge in [-0.25, -0.2) is 0 Å². The van der Waals surface area contributed by atoms with Gasteiger partial charge in [0.1, 0.15) is 6.61 Å². The molecule has 0 radical (unpaired) electrons. The number of carbonyl (C=O) groups excluding carboxylic acids is 2. The topological polar surface area (TPSA) is 46.6 Å². The fourth-order valence-electron chi connectivity index (χ4n) is 3.33. The standard InChI is InChI=1S/C21H23NO3/c1-21(2)14-18(22(20(21)24)17-11-7-4-8-12-17)13-19(23)25-15-16-9-5-3-6-10-16/h3-12,18H,13-15H2,1-2H3. The number of hydrogen-bond donors (Lipinski definition) is 0. The molecule has 25 heavy (non-hydrogen) atoms. The minimum atomic E-state index is -0.472. The summed E-state index contributed by atoms with van der Waals surface area (Å²) in [6.07, 6.45) is 0.845. The molecule has 130 valence electrons. The van der Waals surface area contributed by atoms with E-state index in [1.165, 1.54) is 0 Å². The number of nitrogens with zero attached hydrogens (tertiary/aromatic N) is 1. The highest BCUT2D eigenvalue weighted by Crippen LogP contribution is 2.39. The maximum atomic E-state index is 12.8. The van der Waals surface area contributed by atoms with Crippen LogP contribution >= 0.6 is 0 Å². The van der Waals surface area contributed by atoms with E-state index >= 15 is 0 Å². The molecule has 2 aromatic carbocycles. The van der Waals surface area contributed by atoms with Crippen LogP contribution in [0.25, 0.3) is 0 Å². The predicted octanol–water partition coefficient (Wildman–Crippen LogP) is 3.95. The molecule has 0 spiro atoms. The summed E-state index contributed by atoms with van der Waals surface area (Å²) in [6, 6.07) is 19.0. The first kappa shape index (κ1) is 17.2. The van der Waals surface area contributed by atoms with Crippen molar-refractivity contribution in [3.05, 3.63) is 66.2 Å². The van der Waals surface area contributed by atoms with Crippen molar-refractivity contribution >= 4 is 17.6 Å². The number of amides is 1. The highest BCUT2D eigenvalue weighted by Gasteiger charge is 2.46. The maximum absolute atomic E-state index is 12.8. The summed E-state index contributed by atoms with van der Waals surface area (Å²) in [6.45, 7) is 4.12. The Morgan fingerprint density at radius 2 is 1.68 bits per heavy atom. The summed E-state index contributed by atoms with van der Waals surface area (Å²) >= 11 is 0. The van der Waals surface area contributed by atoms with Crippen LogP contribution in [0.4, 0.5) is 5.69 Å². The van der Waals surface area contributed by atoms with Crippen LogP contribution < -0.4 is 4.90 Å². The van der Waals surface area contributed by atoms with E-state index < -0.39 is 5.41 Å². The number of anilines is 1. The van der Waals surface area contributed by atoms with Crippen molar-refractivity contribution in [1.29, 1.82) is 0 Å². The third-order valence-corrected chi connectivity index (χ3v) is 4.59. The van der Waals surface area contributed by atoms with Crippen LogP contribution in [-0.4, -0.2) is 17.9 Å². The lowest BCUT2D eigenvalue weighted by Gasteiger charge is -2.24. The largest absolute Gasteiger partial charge is 0.461 e.